The molecule has 0 spiro atoms. The van der Waals surface area contributed by atoms with E-state index in [1.165, 1.54) is 11.1 Å². The van der Waals surface area contributed by atoms with E-state index in [1.54, 1.807) is 0 Å². The van der Waals surface area contributed by atoms with Gasteiger partial charge in [-0.05, 0) is 41.9 Å². The molecular weight excluding hydrogens is 300 g/mol. The summed E-state index contributed by atoms with van der Waals surface area (Å²) >= 11 is 3.49. The highest BCUT2D eigenvalue weighted by Gasteiger charge is 2.19. The van der Waals surface area contributed by atoms with Gasteiger partial charge in [-0.25, -0.2) is 0 Å². The number of hydrogen-bond acceptors (Lipinski definition) is 2. The van der Waals surface area contributed by atoms with Crippen molar-refractivity contribution < 1.29 is 0 Å². The molecule has 0 radical (unpaired) electrons. The highest BCUT2D eigenvalue weighted by molar-refractivity contribution is 9.10. The molecule has 2 nitrogen and oxygen atoms in total. The number of likely N-dealkylation sites (N-methyl/N-ethyl adjacent to an activating group) is 1. The fourth-order valence-corrected chi connectivity index (χ4v) is 2.60. The van der Waals surface area contributed by atoms with Crippen LogP contribution in [-0.2, 0) is 0 Å². The number of hydrogen-bond donors (Lipinski definition) is 1. The average Bonchev–Trinajstić information content (AvgIpc) is 2.46. The van der Waals surface area contributed by atoms with Crippen molar-refractivity contribution in [1.82, 2.24) is 10.3 Å². The lowest BCUT2D eigenvalue weighted by Crippen LogP contribution is -2.25. The Morgan fingerprint density at radius 3 is 2.26 bits per heavy atom. The van der Waals surface area contributed by atoms with Crippen LogP contribution in [0.5, 0.6) is 0 Å². The molecule has 1 aromatic carbocycles. The first-order valence-electron chi connectivity index (χ1n) is 6.61. The van der Waals surface area contributed by atoms with Gasteiger partial charge in [0.25, 0.3) is 0 Å². The second-order valence-electron chi connectivity index (χ2n) is 4.66. The van der Waals surface area contributed by atoms with Crippen LogP contribution in [0.3, 0.4) is 0 Å². The topological polar surface area (TPSA) is 24.9 Å². The number of pyridine rings is 1. The van der Waals surface area contributed by atoms with E-state index in [0.717, 1.165) is 11.0 Å². The summed E-state index contributed by atoms with van der Waals surface area (Å²) in [6.45, 7) is 5.35. The van der Waals surface area contributed by atoms with Crippen molar-refractivity contribution in [2.24, 2.45) is 0 Å². The van der Waals surface area contributed by atoms with Crippen molar-refractivity contribution in [2.45, 2.75) is 25.8 Å². The third kappa shape index (κ3) is 3.64. The van der Waals surface area contributed by atoms with Gasteiger partial charge < -0.3 is 5.32 Å². The maximum atomic E-state index is 4.09. The standard InChI is InChI=1S/C16H19BrN2/c1-3-19-16(14-4-6-15(17)7-5-14)12(2)13-8-10-18-11-9-13/h4-12,16,19H,3H2,1-2H3. The van der Waals surface area contributed by atoms with E-state index >= 15 is 0 Å². The lowest BCUT2D eigenvalue weighted by molar-refractivity contribution is 0.479. The van der Waals surface area contributed by atoms with E-state index in [4.69, 9.17) is 0 Å². The molecule has 0 saturated heterocycles. The molecule has 0 saturated carbocycles. The molecule has 0 fully saturated rings. The summed E-state index contributed by atoms with van der Waals surface area (Å²) < 4.78 is 1.11. The summed E-state index contributed by atoms with van der Waals surface area (Å²) in [7, 11) is 0. The van der Waals surface area contributed by atoms with Crippen molar-refractivity contribution in [3.63, 3.8) is 0 Å². The molecule has 0 aliphatic heterocycles. The number of nitrogens with one attached hydrogen (secondary N) is 1. The van der Waals surface area contributed by atoms with Crippen LogP contribution in [0.1, 0.15) is 36.9 Å². The Labute approximate surface area is 123 Å². The highest BCUT2D eigenvalue weighted by atomic mass is 79.9. The Morgan fingerprint density at radius 1 is 1.05 bits per heavy atom. The van der Waals surface area contributed by atoms with Gasteiger partial charge in [0.2, 0.25) is 0 Å². The molecule has 2 atom stereocenters. The fourth-order valence-electron chi connectivity index (χ4n) is 2.33. The van der Waals surface area contributed by atoms with Gasteiger partial charge in [0.15, 0.2) is 0 Å². The van der Waals surface area contributed by atoms with Crippen LogP contribution < -0.4 is 5.32 Å². The Balaban J connectivity index is 2.27. The smallest absolute Gasteiger partial charge is 0.0386 e. The molecule has 1 N–H and O–H groups in total. The summed E-state index contributed by atoms with van der Waals surface area (Å²) in [5.74, 6) is 0.407. The van der Waals surface area contributed by atoms with Gasteiger partial charge in [0.05, 0.1) is 0 Å². The van der Waals surface area contributed by atoms with Crippen LogP contribution in [0, 0.1) is 0 Å². The molecule has 0 aliphatic rings. The van der Waals surface area contributed by atoms with Crippen LogP contribution in [0.15, 0.2) is 53.3 Å². The molecule has 2 aromatic rings. The lowest BCUT2D eigenvalue weighted by Gasteiger charge is -2.25. The second kappa shape index (κ2) is 6.83. The van der Waals surface area contributed by atoms with Crippen LogP contribution >= 0.6 is 15.9 Å². The minimum atomic E-state index is 0.320. The van der Waals surface area contributed by atoms with Gasteiger partial charge in [-0.3, -0.25) is 4.98 Å². The summed E-state index contributed by atoms with van der Waals surface area (Å²) in [5.41, 5.74) is 2.62. The highest BCUT2D eigenvalue weighted by Crippen LogP contribution is 2.30. The average molecular weight is 319 g/mol. The van der Waals surface area contributed by atoms with Crippen molar-refractivity contribution in [2.75, 3.05) is 6.54 Å². The molecular formula is C16H19BrN2. The lowest BCUT2D eigenvalue weighted by atomic mass is 9.89. The summed E-state index contributed by atoms with van der Waals surface area (Å²) in [6.07, 6.45) is 3.72. The van der Waals surface area contributed by atoms with Crippen molar-refractivity contribution in [1.29, 1.82) is 0 Å². The van der Waals surface area contributed by atoms with Gasteiger partial charge in [-0.2, -0.15) is 0 Å². The van der Waals surface area contributed by atoms with Gasteiger partial charge >= 0.3 is 0 Å². The maximum Gasteiger partial charge on any atom is 0.0386 e. The van der Waals surface area contributed by atoms with Crippen molar-refractivity contribution in [3.8, 4) is 0 Å². The Hall–Kier alpha value is -1.19. The minimum absolute atomic E-state index is 0.320. The Morgan fingerprint density at radius 2 is 1.68 bits per heavy atom. The van der Waals surface area contributed by atoms with Crippen LogP contribution in [-0.4, -0.2) is 11.5 Å². The van der Waals surface area contributed by atoms with E-state index < -0.39 is 0 Å². The summed E-state index contributed by atoms with van der Waals surface area (Å²) in [6, 6.07) is 13.0. The van der Waals surface area contributed by atoms with Gasteiger partial charge in [-0.15, -0.1) is 0 Å². The Kier molecular flexibility index (Phi) is 5.11. The van der Waals surface area contributed by atoms with E-state index in [-0.39, 0.29) is 0 Å². The van der Waals surface area contributed by atoms with Crippen molar-refractivity contribution in [3.05, 3.63) is 64.4 Å². The number of benzene rings is 1. The normalized spacial score (nSPS) is 14.1. The van der Waals surface area contributed by atoms with E-state index in [2.05, 4.69) is 76.5 Å². The third-order valence-corrected chi connectivity index (χ3v) is 3.91. The predicted molar refractivity (Wildman–Crippen MR) is 83.2 cm³/mol. The first-order valence-corrected chi connectivity index (χ1v) is 7.40. The third-order valence-electron chi connectivity index (χ3n) is 3.39. The second-order valence-corrected chi connectivity index (χ2v) is 5.57. The molecule has 1 aromatic heterocycles. The van der Waals surface area contributed by atoms with Crippen LogP contribution in [0.2, 0.25) is 0 Å². The molecule has 0 aliphatic carbocycles. The SMILES string of the molecule is CCNC(c1ccc(Br)cc1)C(C)c1ccncc1. The first kappa shape index (κ1) is 14.2. The predicted octanol–water partition coefficient (Wildman–Crippen LogP) is 4.30. The zero-order chi connectivity index (χ0) is 13.7. The quantitative estimate of drug-likeness (QED) is 0.889. The summed E-state index contributed by atoms with van der Waals surface area (Å²) in [5, 5.41) is 3.58. The molecule has 0 bridgehead atoms. The fraction of sp³-hybridized carbons (Fsp3) is 0.312. The van der Waals surface area contributed by atoms with Crippen LogP contribution in [0.25, 0.3) is 0 Å². The Bertz CT molecular complexity index is 496. The van der Waals surface area contributed by atoms with Gasteiger partial charge in [-0.1, -0.05) is 41.9 Å². The number of halogens is 1. The van der Waals surface area contributed by atoms with Crippen LogP contribution in [0.4, 0.5) is 0 Å². The molecule has 0 amide bonds. The van der Waals surface area contributed by atoms with Crippen molar-refractivity contribution >= 4 is 15.9 Å². The van der Waals surface area contributed by atoms with Gasteiger partial charge in [0.1, 0.15) is 0 Å². The minimum Gasteiger partial charge on any atom is -0.310 e. The largest absolute Gasteiger partial charge is 0.310 e. The first-order chi connectivity index (χ1) is 9.22. The van der Waals surface area contributed by atoms with E-state index in [0.29, 0.717) is 12.0 Å². The maximum absolute atomic E-state index is 4.09. The number of aromatic nitrogens is 1. The monoisotopic (exact) mass is 318 g/mol. The molecule has 2 unspecified atom stereocenters. The molecule has 1 heterocycles. The molecule has 100 valence electrons. The zero-order valence-corrected chi connectivity index (χ0v) is 12.9. The van der Waals surface area contributed by atoms with E-state index in [9.17, 15) is 0 Å². The van der Waals surface area contributed by atoms with Gasteiger partial charge in [0, 0.05) is 28.8 Å². The summed E-state index contributed by atoms with van der Waals surface area (Å²) in [4.78, 5) is 4.09. The number of rotatable bonds is 5. The molecule has 3 heteroatoms. The number of nitrogens with zero attached hydrogens (tertiary/aromatic N) is 1. The van der Waals surface area contributed by atoms with E-state index in [1.807, 2.05) is 12.4 Å². The zero-order valence-electron chi connectivity index (χ0n) is 11.3. The molecule has 2 rings (SSSR count). The molecule has 19 heavy (non-hydrogen) atoms.